The van der Waals surface area contributed by atoms with Gasteiger partial charge in [-0.1, -0.05) is 6.07 Å². The minimum absolute atomic E-state index is 0.0872. The van der Waals surface area contributed by atoms with Crippen LogP contribution in [-0.4, -0.2) is 32.0 Å². The molecule has 2 amide bonds. The number of anilines is 2. The highest BCUT2D eigenvalue weighted by molar-refractivity contribution is 6.04. The molecule has 0 bridgehead atoms. The number of hydrogen-bond donors (Lipinski definition) is 2. The molecule has 0 saturated carbocycles. The number of rotatable bonds is 2. The second-order valence-corrected chi connectivity index (χ2v) is 5.81. The van der Waals surface area contributed by atoms with Gasteiger partial charge in [0.25, 0.3) is 0 Å². The largest absolute Gasteiger partial charge is 0.371 e. The molecule has 0 aromatic heterocycles. The van der Waals surface area contributed by atoms with Crippen molar-refractivity contribution in [2.24, 2.45) is 17.4 Å². The topological polar surface area (TPSA) is 92.7 Å². The van der Waals surface area contributed by atoms with Crippen molar-refractivity contribution in [2.45, 2.75) is 18.9 Å². The number of primary amides is 1. The number of carbonyl (C=O) groups excluding carboxylic acids is 2. The molecule has 0 spiro atoms. The third kappa shape index (κ3) is 2.25. The van der Waals surface area contributed by atoms with Crippen LogP contribution in [0.5, 0.6) is 0 Å². The van der Waals surface area contributed by atoms with Crippen molar-refractivity contribution in [3.63, 3.8) is 0 Å². The van der Waals surface area contributed by atoms with E-state index in [1.54, 1.807) is 11.9 Å². The zero-order chi connectivity index (χ0) is 15.1. The minimum Gasteiger partial charge on any atom is -0.371 e. The van der Waals surface area contributed by atoms with E-state index in [-0.39, 0.29) is 17.7 Å². The SMILES string of the molecule is CN1C(=O)C(N)c2ccc(N3CCCC(C(N)=O)C3)cc21. The van der Waals surface area contributed by atoms with Crippen LogP contribution in [0.15, 0.2) is 18.2 Å². The summed E-state index contributed by atoms with van der Waals surface area (Å²) in [5.74, 6) is -0.431. The standard InChI is InChI=1S/C15H20N4O2/c1-18-12-7-10(4-5-11(12)13(16)15(18)21)19-6-2-3-9(8-19)14(17)20/h4-5,7,9,13H,2-3,6,8,16H2,1H3,(H2,17,20). The second-order valence-electron chi connectivity index (χ2n) is 5.81. The number of likely N-dealkylation sites (N-methyl/N-ethyl adjacent to an activating group) is 1. The minimum atomic E-state index is -0.571. The molecule has 112 valence electrons. The number of carbonyl (C=O) groups is 2. The molecule has 1 aromatic carbocycles. The van der Waals surface area contributed by atoms with Crippen molar-refractivity contribution in [3.05, 3.63) is 23.8 Å². The van der Waals surface area contributed by atoms with Gasteiger partial charge in [-0.3, -0.25) is 9.59 Å². The molecular formula is C15H20N4O2. The van der Waals surface area contributed by atoms with Crippen LogP contribution in [0.3, 0.4) is 0 Å². The Labute approximate surface area is 123 Å². The molecule has 0 radical (unpaired) electrons. The predicted molar refractivity (Wildman–Crippen MR) is 80.9 cm³/mol. The fourth-order valence-electron chi connectivity index (χ4n) is 3.19. The van der Waals surface area contributed by atoms with Gasteiger partial charge in [-0.05, 0) is 25.0 Å². The molecule has 6 nitrogen and oxygen atoms in total. The van der Waals surface area contributed by atoms with Gasteiger partial charge in [-0.2, -0.15) is 0 Å². The number of nitrogens with two attached hydrogens (primary N) is 2. The van der Waals surface area contributed by atoms with Gasteiger partial charge >= 0.3 is 0 Å². The number of fused-ring (bicyclic) bond motifs is 1. The summed E-state index contributed by atoms with van der Waals surface area (Å²) in [6.45, 7) is 1.53. The maximum absolute atomic E-state index is 11.9. The van der Waals surface area contributed by atoms with Gasteiger partial charge in [0.15, 0.2) is 0 Å². The van der Waals surface area contributed by atoms with Crippen molar-refractivity contribution in [1.29, 1.82) is 0 Å². The zero-order valence-electron chi connectivity index (χ0n) is 12.1. The molecular weight excluding hydrogens is 268 g/mol. The Bertz CT molecular complexity index is 601. The zero-order valence-corrected chi connectivity index (χ0v) is 12.1. The van der Waals surface area contributed by atoms with Gasteiger partial charge in [-0.15, -0.1) is 0 Å². The Balaban J connectivity index is 1.88. The Hall–Kier alpha value is -2.08. The van der Waals surface area contributed by atoms with Gasteiger partial charge in [0, 0.05) is 31.4 Å². The van der Waals surface area contributed by atoms with Crippen LogP contribution in [0, 0.1) is 5.92 Å². The molecule has 2 aliphatic rings. The smallest absolute Gasteiger partial charge is 0.248 e. The average Bonchev–Trinajstić information content (AvgIpc) is 2.72. The van der Waals surface area contributed by atoms with Crippen molar-refractivity contribution < 1.29 is 9.59 Å². The van der Waals surface area contributed by atoms with E-state index in [2.05, 4.69) is 4.90 Å². The van der Waals surface area contributed by atoms with Crippen LogP contribution >= 0.6 is 0 Å². The van der Waals surface area contributed by atoms with Crippen LogP contribution < -0.4 is 21.3 Å². The van der Waals surface area contributed by atoms with E-state index in [0.717, 1.165) is 36.3 Å². The van der Waals surface area contributed by atoms with Gasteiger partial charge < -0.3 is 21.3 Å². The lowest BCUT2D eigenvalue weighted by molar-refractivity contribution is -0.122. The normalized spacial score (nSPS) is 25.1. The van der Waals surface area contributed by atoms with Crippen LogP contribution in [0.2, 0.25) is 0 Å². The number of benzene rings is 1. The van der Waals surface area contributed by atoms with Crippen molar-refractivity contribution in [2.75, 3.05) is 29.9 Å². The van der Waals surface area contributed by atoms with E-state index >= 15 is 0 Å². The molecule has 2 atom stereocenters. The summed E-state index contributed by atoms with van der Waals surface area (Å²) in [6, 6.07) is 5.28. The molecule has 2 heterocycles. The molecule has 1 aromatic rings. The summed E-state index contributed by atoms with van der Waals surface area (Å²) < 4.78 is 0. The highest BCUT2D eigenvalue weighted by Crippen LogP contribution is 2.37. The summed E-state index contributed by atoms with van der Waals surface area (Å²) in [5, 5.41) is 0. The maximum atomic E-state index is 11.9. The Morgan fingerprint density at radius 3 is 2.86 bits per heavy atom. The number of hydrogen-bond acceptors (Lipinski definition) is 4. The number of amides is 2. The number of piperidine rings is 1. The lowest BCUT2D eigenvalue weighted by atomic mass is 9.96. The first kappa shape index (κ1) is 13.9. The first-order chi connectivity index (χ1) is 9.99. The first-order valence-electron chi connectivity index (χ1n) is 7.20. The van der Waals surface area contributed by atoms with Crippen LogP contribution in [0.4, 0.5) is 11.4 Å². The quantitative estimate of drug-likeness (QED) is 0.822. The van der Waals surface area contributed by atoms with E-state index < -0.39 is 6.04 Å². The molecule has 6 heteroatoms. The summed E-state index contributed by atoms with van der Waals surface area (Å²) in [4.78, 5) is 27.1. The fourth-order valence-corrected chi connectivity index (χ4v) is 3.19. The highest BCUT2D eigenvalue weighted by Gasteiger charge is 2.33. The molecule has 21 heavy (non-hydrogen) atoms. The first-order valence-corrected chi connectivity index (χ1v) is 7.20. The lowest BCUT2D eigenvalue weighted by Gasteiger charge is -2.33. The van der Waals surface area contributed by atoms with Gasteiger partial charge in [0.2, 0.25) is 11.8 Å². The average molecular weight is 288 g/mol. The van der Waals surface area contributed by atoms with E-state index in [1.165, 1.54) is 0 Å². The van der Waals surface area contributed by atoms with Gasteiger partial charge in [0.05, 0.1) is 11.6 Å². The van der Waals surface area contributed by atoms with E-state index in [1.807, 2.05) is 18.2 Å². The van der Waals surface area contributed by atoms with Crippen LogP contribution in [0.25, 0.3) is 0 Å². The van der Waals surface area contributed by atoms with Gasteiger partial charge in [0.1, 0.15) is 6.04 Å². The fraction of sp³-hybridized carbons (Fsp3) is 0.467. The third-order valence-corrected chi connectivity index (χ3v) is 4.50. The molecule has 1 saturated heterocycles. The summed E-state index contributed by atoms with van der Waals surface area (Å²) in [5.41, 5.74) is 14.0. The second kappa shape index (κ2) is 5.04. The maximum Gasteiger partial charge on any atom is 0.248 e. The Morgan fingerprint density at radius 2 is 2.14 bits per heavy atom. The molecule has 3 rings (SSSR count). The Kier molecular flexibility index (Phi) is 3.33. The van der Waals surface area contributed by atoms with Crippen LogP contribution in [-0.2, 0) is 9.59 Å². The van der Waals surface area contributed by atoms with Crippen molar-refractivity contribution in [3.8, 4) is 0 Å². The molecule has 1 fully saturated rings. The molecule has 2 unspecified atom stereocenters. The molecule has 2 aliphatic heterocycles. The van der Waals surface area contributed by atoms with Crippen molar-refractivity contribution in [1.82, 2.24) is 0 Å². The van der Waals surface area contributed by atoms with E-state index in [9.17, 15) is 9.59 Å². The molecule has 0 aliphatic carbocycles. The van der Waals surface area contributed by atoms with Gasteiger partial charge in [-0.25, -0.2) is 0 Å². The summed E-state index contributed by atoms with van der Waals surface area (Å²) >= 11 is 0. The van der Waals surface area contributed by atoms with E-state index in [0.29, 0.717) is 6.54 Å². The van der Waals surface area contributed by atoms with Crippen molar-refractivity contribution >= 4 is 23.2 Å². The van der Waals surface area contributed by atoms with E-state index in [4.69, 9.17) is 11.5 Å². The molecule has 4 N–H and O–H groups in total. The number of nitrogens with zero attached hydrogens (tertiary/aromatic N) is 2. The third-order valence-electron chi connectivity index (χ3n) is 4.50. The monoisotopic (exact) mass is 288 g/mol. The Morgan fingerprint density at radius 1 is 1.38 bits per heavy atom. The highest BCUT2D eigenvalue weighted by atomic mass is 16.2. The lowest BCUT2D eigenvalue weighted by Crippen LogP contribution is -2.41. The summed E-state index contributed by atoms with van der Waals surface area (Å²) in [7, 11) is 1.74. The predicted octanol–water partition coefficient (Wildman–Crippen LogP) is 0.365. The summed E-state index contributed by atoms with van der Waals surface area (Å²) in [6.07, 6.45) is 1.79. The van der Waals surface area contributed by atoms with Crippen LogP contribution in [0.1, 0.15) is 24.4 Å².